The molecule has 3 aromatic rings. The molecule has 8 nitrogen and oxygen atoms in total. The number of ketones is 1. The third kappa shape index (κ3) is 4.59. The summed E-state index contributed by atoms with van der Waals surface area (Å²) in [7, 11) is 0. The Hall–Kier alpha value is -4.30. The molecule has 0 aliphatic carbocycles. The fourth-order valence-corrected chi connectivity index (χ4v) is 5.14. The third-order valence-electron chi connectivity index (χ3n) is 6.93. The lowest BCUT2D eigenvalue weighted by Gasteiger charge is -2.28. The van der Waals surface area contributed by atoms with E-state index in [1.165, 1.54) is 4.90 Å². The zero-order chi connectivity index (χ0) is 26.1. The van der Waals surface area contributed by atoms with Gasteiger partial charge in [0.15, 0.2) is 11.5 Å². The van der Waals surface area contributed by atoms with E-state index >= 15 is 0 Å². The summed E-state index contributed by atoms with van der Waals surface area (Å²) in [4.78, 5) is 28.3. The molecule has 2 atom stereocenters. The van der Waals surface area contributed by atoms with Crippen molar-refractivity contribution in [1.29, 1.82) is 0 Å². The van der Waals surface area contributed by atoms with Crippen molar-refractivity contribution in [2.75, 3.05) is 26.4 Å². The average Bonchev–Trinajstić information content (AvgIpc) is 3.55. The quantitative estimate of drug-likeness (QED) is 0.286. The normalized spacial score (nSPS) is 22.1. The van der Waals surface area contributed by atoms with Crippen LogP contribution >= 0.6 is 0 Å². The van der Waals surface area contributed by atoms with Gasteiger partial charge in [-0.3, -0.25) is 9.59 Å². The number of aliphatic hydroxyl groups is 1. The van der Waals surface area contributed by atoms with Gasteiger partial charge in [-0.15, -0.1) is 0 Å². The molecule has 8 heteroatoms. The Morgan fingerprint density at radius 3 is 2.47 bits per heavy atom. The summed E-state index contributed by atoms with van der Waals surface area (Å²) in [5, 5.41) is 11.4. The van der Waals surface area contributed by atoms with Gasteiger partial charge in [0.2, 0.25) is 0 Å². The number of carbonyl (C=O) groups excluding carboxylic acids is 2. The number of nitrogens with zero attached hydrogens (tertiary/aromatic N) is 1. The lowest BCUT2D eigenvalue weighted by atomic mass is 9.95. The maximum absolute atomic E-state index is 13.4. The molecule has 1 amide bonds. The van der Waals surface area contributed by atoms with Gasteiger partial charge >= 0.3 is 0 Å². The summed E-state index contributed by atoms with van der Waals surface area (Å²) in [5.41, 5.74) is 1.03. The second-order valence-corrected chi connectivity index (χ2v) is 9.43. The highest BCUT2D eigenvalue weighted by atomic mass is 16.6. The smallest absolute Gasteiger partial charge is 0.295 e. The van der Waals surface area contributed by atoms with E-state index in [4.69, 9.17) is 18.9 Å². The number of hydrogen-bond acceptors (Lipinski definition) is 7. The number of ether oxygens (including phenoxy) is 4. The molecule has 0 bridgehead atoms. The molecule has 3 heterocycles. The molecule has 194 valence electrons. The predicted molar refractivity (Wildman–Crippen MR) is 138 cm³/mol. The average molecular weight is 514 g/mol. The van der Waals surface area contributed by atoms with Crippen LogP contribution in [0.2, 0.25) is 0 Å². The minimum absolute atomic E-state index is 0.0153. The van der Waals surface area contributed by atoms with Gasteiger partial charge in [0.05, 0.1) is 17.7 Å². The number of hydrogen-bond donors (Lipinski definition) is 1. The Morgan fingerprint density at radius 2 is 1.68 bits per heavy atom. The molecule has 3 aliphatic heterocycles. The first-order chi connectivity index (χ1) is 18.6. The van der Waals surface area contributed by atoms with E-state index in [-0.39, 0.29) is 24.0 Å². The van der Waals surface area contributed by atoms with Crippen molar-refractivity contribution in [3.05, 3.63) is 89.5 Å². The number of likely N-dealkylation sites (tertiary alicyclic amines) is 1. The lowest BCUT2D eigenvalue weighted by molar-refractivity contribution is -0.140. The summed E-state index contributed by atoms with van der Waals surface area (Å²) in [6.45, 7) is 1.69. The summed E-state index contributed by atoms with van der Waals surface area (Å²) < 4.78 is 23.1. The Kier molecular flexibility index (Phi) is 6.47. The molecule has 0 spiro atoms. The molecule has 1 N–H and O–H groups in total. The molecule has 0 aromatic heterocycles. The molecule has 3 aliphatic rings. The van der Waals surface area contributed by atoms with Crippen LogP contribution in [-0.4, -0.2) is 54.2 Å². The minimum Gasteiger partial charge on any atom is -0.507 e. The molecule has 2 fully saturated rings. The zero-order valence-corrected chi connectivity index (χ0v) is 20.7. The van der Waals surface area contributed by atoms with E-state index in [2.05, 4.69) is 0 Å². The maximum Gasteiger partial charge on any atom is 0.295 e. The summed E-state index contributed by atoms with van der Waals surface area (Å²) in [6.07, 6.45) is 1.53. The number of para-hydroxylation sites is 1. The van der Waals surface area contributed by atoms with Gasteiger partial charge in [-0.05, 0) is 60.9 Å². The summed E-state index contributed by atoms with van der Waals surface area (Å²) >= 11 is 0. The zero-order valence-electron chi connectivity index (χ0n) is 20.7. The van der Waals surface area contributed by atoms with Crippen LogP contribution in [0.4, 0.5) is 0 Å². The van der Waals surface area contributed by atoms with Crippen molar-refractivity contribution >= 4 is 17.4 Å². The molecule has 0 saturated carbocycles. The minimum atomic E-state index is -0.813. The highest BCUT2D eigenvalue weighted by molar-refractivity contribution is 6.46. The van der Waals surface area contributed by atoms with E-state index < -0.39 is 17.7 Å². The van der Waals surface area contributed by atoms with Crippen molar-refractivity contribution in [2.45, 2.75) is 25.0 Å². The fourth-order valence-electron chi connectivity index (χ4n) is 5.14. The molecular weight excluding hydrogens is 486 g/mol. The summed E-state index contributed by atoms with van der Waals surface area (Å²) in [5.74, 6) is 0.575. The first-order valence-corrected chi connectivity index (χ1v) is 12.7. The van der Waals surface area contributed by atoms with Crippen molar-refractivity contribution in [3.63, 3.8) is 0 Å². The molecule has 3 aromatic carbocycles. The van der Waals surface area contributed by atoms with Crippen molar-refractivity contribution in [2.24, 2.45) is 0 Å². The molecule has 6 rings (SSSR count). The first kappa shape index (κ1) is 24.1. The van der Waals surface area contributed by atoms with Crippen LogP contribution < -0.4 is 14.2 Å². The van der Waals surface area contributed by atoms with Gasteiger partial charge in [-0.1, -0.05) is 30.3 Å². The van der Waals surface area contributed by atoms with Crippen LogP contribution in [0.25, 0.3) is 5.76 Å². The van der Waals surface area contributed by atoms with Crippen LogP contribution in [0.15, 0.2) is 78.4 Å². The van der Waals surface area contributed by atoms with Crippen LogP contribution in [0, 0.1) is 0 Å². The van der Waals surface area contributed by atoms with Gasteiger partial charge in [-0.2, -0.15) is 0 Å². The van der Waals surface area contributed by atoms with E-state index in [1.807, 2.05) is 48.5 Å². The topological polar surface area (TPSA) is 94.5 Å². The second-order valence-electron chi connectivity index (χ2n) is 9.43. The Morgan fingerprint density at radius 1 is 0.895 bits per heavy atom. The van der Waals surface area contributed by atoms with E-state index in [1.54, 1.807) is 24.3 Å². The molecule has 0 unspecified atom stereocenters. The van der Waals surface area contributed by atoms with Crippen LogP contribution in [0.3, 0.4) is 0 Å². The number of benzene rings is 3. The van der Waals surface area contributed by atoms with Gasteiger partial charge in [0, 0.05) is 18.7 Å². The number of amides is 1. The molecule has 0 radical (unpaired) electrons. The number of Topliss-reactive ketones (excluding diaryl/α,β-unsaturated/α-hetero) is 1. The first-order valence-electron chi connectivity index (χ1n) is 12.7. The number of rotatable bonds is 6. The van der Waals surface area contributed by atoms with Crippen molar-refractivity contribution in [3.8, 4) is 23.0 Å². The van der Waals surface area contributed by atoms with E-state index in [0.29, 0.717) is 53.9 Å². The number of fused-ring (bicyclic) bond motifs is 1. The summed E-state index contributed by atoms with van der Waals surface area (Å²) in [6, 6.07) is 20.7. The van der Waals surface area contributed by atoms with Crippen LogP contribution in [0.5, 0.6) is 23.0 Å². The van der Waals surface area contributed by atoms with Gasteiger partial charge in [0.1, 0.15) is 30.5 Å². The van der Waals surface area contributed by atoms with Gasteiger partial charge < -0.3 is 29.0 Å². The Bertz CT molecular complexity index is 1390. The SMILES string of the molecule is O=C1C(=O)N(C[C@@H]2CCCO2)[C@@H](c2cccc(Oc3ccccc3)c2)C1=C(O)c1ccc2c(c1)OCCO2. The predicted octanol–water partition coefficient (Wildman–Crippen LogP) is 4.85. The Labute approximate surface area is 220 Å². The maximum atomic E-state index is 13.4. The van der Waals surface area contributed by atoms with E-state index in [0.717, 1.165) is 12.8 Å². The highest BCUT2D eigenvalue weighted by Gasteiger charge is 2.47. The standard InChI is InChI=1S/C30H27NO7/c32-28(20-11-12-24-25(17-20)37-15-14-36-24)26-27(31(30(34)29(26)33)18-23-10-5-13-35-23)19-6-4-9-22(16-19)38-21-7-2-1-3-8-21/h1-4,6-9,11-12,16-17,23,27,32H,5,10,13-15,18H2/t23-,27-/m0/s1. The monoisotopic (exact) mass is 513 g/mol. The fraction of sp³-hybridized carbons (Fsp3) is 0.267. The largest absolute Gasteiger partial charge is 0.507 e. The van der Waals surface area contributed by atoms with Crippen molar-refractivity contribution < 1.29 is 33.6 Å². The number of aliphatic hydroxyl groups excluding tert-OH is 1. The highest BCUT2D eigenvalue weighted by Crippen LogP contribution is 2.42. The van der Waals surface area contributed by atoms with Gasteiger partial charge in [-0.25, -0.2) is 0 Å². The van der Waals surface area contributed by atoms with Crippen LogP contribution in [0.1, 0.15) is 30.0 Å². The third-order valence-corrected chi connectivity index (χ3v) is 6.93. The molecule has 2 saturated heterocycles. The lowest BCUT2D eigenvalue weighted by Crippen LogP contribution is -2.36. The van der Waals surface area contributed by atoms with Crippen LogP contribution in [-0.2, 0) is 14.3 Å². The molecular formula is C30H27NO7. The van der Waals surface area contributed by atoms with Gasteiger partial charge in [0.25, 0.3) is 11.7 Å². The second kappa shape index (κ2) is 10.2. The van der Waals surface area contributed by atoms with E-state index in [9.17, 15) is 14.7 Å². The molecule has 38 heavy (non-hydrogen) atoms. The number of carbonyl (C=O) groups is 2. The Balaban J connectivity index is 1.42. The van der Waals surface area contributed by atoms with Crippen molar-refractivity contribution in [1.82, 2.24) is 4.90 Å².